The fourth-order valence-electron chi connectivity index (χ4n) is 3.10. The molecule has 3 aliphatic rings. The van der Waals surface area contributed by atoms with Gasteiger partial charge in [-0.15, -0.1) is 0 Å². The van der Waals surface area contributed by atoms with Crippen LogP contribution in [0.2, 0.25) is 0 Å². The summed E-state index contributed by atoms with van der Waals surface area (Å²) in [5.74, 6) is 0.659. The predicted molar refractivity (Wildman–Crippen MR) is 78.0 cm³/mol. The Balaban J connectivity index is 1.63. The number of likely N-dealkylation sites (tertiary alicyclic amines) is 1. The number of hydrogen-bond donors (Lipinski definition) is 1. The van der Waals surface area contributed by atoms with Gasteiger partial charge < -0.3 is 19.9 Å². The molecule has 2 atom stereocenters. The van der Waals surface area contributed by atoms with Crippen LogP contribution in [0.1, 0.15) is 40.0 Å². The van der Waals surface area contributed by atoms with Crippen LogP contribution in [0.3, 0.4) is 0 Å². The van der Waals surface area contributed by atoms with Crippen molar-refractivity contribution < 1.29 is 14.3 Å². The fraction of sp³-hybridized carbons (Fsp3) is 0.867. The van der Waals surface area contributed by atoms with E-state index in [9.17, 15) is 9.59 Å². The van der Waals surface area contributed by atoms with Crippen molar-refractivity contribution >= 4 is 12.1 Å². The van der Waals surface area contributed by atoms with Crippen LogP contribution >= 0.6 is 0 Å². The molecular weight excluding hydrogens is 270 g/mol. The van der Waals surface area contributed by atoms with Crippen molar-refractivity contribution in [2.24, 2.45) is 5.92 Å². The summed E-state index contributed by atoms with van der Waals surface area (Å²) in [6.07, 6.45) is 2.97. The Morgan fingerprint density at radius 3 is 2.67 bits per heavy atom. The van der Waals surface area contributed by atoms with Gasteiger partial charge in [-0.2, -0.15) is 0 Å². The van der Waals surface area contributed by atoms with Gasteiger partial charge >= 0.3 is 12.1 Å². The van der Waals surface area contributed by atoms with Gasteiger partial charge in [-0.3, -0.25) is 0 Å². The Bertz CT molecular complexity index is 442. The van der Waals surface area contributed by atoms with Crippen molar-refractivity contribution in [1.82, 2.24) is 15.1 Å². The highest BCUT2D eigenvalue weighted by Gasteiger charge is 2.45. The molecule has 1 N–H and O–H groups in total. The Morgan fingerprint density at radius 2 is 2.05 bits per heavy atom. The first-order valence-corrected chi connectivity index (χ1v) is 7.88. The molecule has 3 rings (SSSR count). The maximum Gasteiger partial charge on any atom is 0.410 e. The van der Waals surface area contributed by atoms with Gasteiger partial charge in [0.25, 0.3) is 0 Å². The van der Waals surface area contributed by atoms with E-state index in [1.165, 1.54) is 12.8 Å². The van der Waals surface area contributed by atoms with E-state index in [2.05, 4.69) is 5.32 Å². The monoisotopic (exact) mass is 295 g/mol. The molecule has 6 heteroatoms. The number of hydrogen-bond acceptors (Lipinski definition) is 3. The third-order valence-electron chi connectivity index (χ3n) is 4.36. The van der Waals surface area contributed by atoms with E-state index in [-0.39, 0.29) is 24.2 Å². The summed E-state index contributed by atoms with van der Waals surface area (Å²) in [5.41, 5.74) is -0.481. The molecule has 0 aromatic rings. The smallest absolute Gasteiger partial charge is 0.410 e. The zero-order chi connectivity index (χ0) is 15.2. The van der Waals surface area contributed by atoms with Crippen molar-refractivity contribution in [3.8, 4) is 0 Å². The molecule has 0 aromatic carbocycles. The van der Waals surface area contributed by atoms with E-state index in [0.29, 0.717) is 19.0 Å². The highest BCUT2D eigenvalue weighted by molar-refractivity contribution is 5.78. The topological polar surface area (TPSA) is 61.9 Å². The largest absolute Gasteiger partial charge is 0.444 e. The minimum absolute atomic E-state index is 0.0305. The molecule has 1 saturated carbocycles. The highest BCUT2D eigenvalue weighted by Crippen LogP contribution is 2.33. The summed E-state index contributed by atoms with van der Waals surface area (Å²) in [6, 6.07) is 0.303. The average Bonchev–Trinajstić information content (AvgIpc) is 3.13. The number of nitrogens with one attached hydrogen (secondary N) is 1. The number of rotatable bonds is 2. The van der Waals surface area contributed by atoms with E-state index < -0.39 is 5.60 Å². The van der Waals surface area contributed by atoms with E-state index in [0.717, 1.165) is 13.0 Å². The van der Waals surface area contributed by atoms with Crippen LogP contribution in [0.4, 0.5) is 9.59 Å². The van der Waals surface area contributed by atoms with Crippen LogP contribution in [0, 0.1) is 5.92 Å². The quantitative estimate of drug-likeness (QED) is 0.845. The van der Waals surface area contributed by atoms with Gasteiger partial charge in [-0.05, 0) is 46.0 Å². The number of amides is 3. The van der Waals surface area contributed by atoms with Crippen LogP contribution in [-0.4, -0.2) is 59.2 Å². The van der Waals surface area contributed by atoms with Gasteiger partial charge in [0, 0.05) is 19.6 Å². The molecule has 0 aromatic heterocycles. The number of ether oxygens (including phenoxy) is 1. The van der Waals surface area contributed by atoms with Gasteiger partial charge in [0.1, 0.15) is 5.60 Å². The summed E-state index contributed by atoms with van der Waals surface area (Å²) < 4.78 is 5.44. The van der Waals surface area contributed by atoms with Crippen molar-refractivity contribution in [3.05, 3.63) is 0 Å². The first kappa shape index (κ1) is 14.5. The molecule has 2 unspecified atom stereocenters. The maximum atomic E-state index is 12.2. The number of urea groups is 1. The molecule has 2 heterocycles. The molecule has 0 spiro atoms. The van der Waals surface area contributed by atoms with Crippen LogP contribution in [0.15, 0.2) is 0 Å². The molecule has 0 radical (unpaired) electrons. The zero-order valence-electron chi connectivity index (χ0n) is 13.1. The number of nitrogens with zero attached hydrogens (tertiary/aromatic N) is 2. The van der Waals surface area contributed by atoms with Crippen LogP contribution in [0.25, 0.3) is 0 Å². The summed E-state index contributed by atoms with van der Waals surface area (Å²) >= 11 is 0. The average molecular weight is 295 g/mol. The van der Waals surface area contributed by atoms with E-state index in [1.807, 2.05) is 25.7 Å². The predicted octanol–water partition coefficient (Wildman–Crippen LogP) is 1.80. The van der Waals surface area contributed by atoms with Crippen LogP contribution < -0.4 is 5.32 Å². The molecule has 1 aliphatic carbocycles. The molecule has 0 bridgehead atoms. The van der Waals surface area contributed by atoms with Crippen molar-refractivity contribution in [1.29, 1.82) is 0 Å². The molecule has 2 aliphatic heterocycles. The number of carbonyl (C=O) groups excluding carboxylic acids is 2. The van der Waals surface area contributed by atoms with Crippen molar-refractivity contribution in [2.45, 2.75) is 57.7 Å². The van der Waals surface area contributed by atoms with Gasteiger partial charge in [0.05, 0.1) is 12.1 Å². The Morgan fingerprint density at radius 1 is 1.33 bits per heavy atom. The number of fused-ring (bicyclic) bond motifs is 1. The van der Waals surface area contributed by atoms with Crippen LogP contribution in [0.5, 0.6) is 0 Å². The van der Waals surface area contributed by atoms with E-state index >= 15 is 0 Å². The van der Waals surface area contributed by atoms with E-state index in [1.54, 1.807) is 4.90 Å². The number of piperidine rings is 1. The Kier molecular flexibility index (Phi) is 3.50. The highest BCUT2D eigenvalue weighted by atomic mass is 16.6. The van der Waals surface area contributed by atoms with Crippen molar-refractivity contribution in [2.75, 3.05) is 19.6 Å². The summed E-state index contributed by atoms with van der Waals surface area (Å²) in [4.78, 5) is 28.0. The second-order valence-electron chi connectivity index (χ2n) is 7.43. The standard InChI is InChI=1S/C15H25N3O3/c1-15(2,3)21-14(20)17-7-6-11-12(9-17)18(13(19)16-11)8-10-4-5-10/h10-12H,4-9H2,1-3H3,(H,16,19). The lowest BCUT2D eigenvalue weighted by Gasteiger charge is -2.37. The fourth-order valence-corrected chi connectivity index (χ4v) is 3.10. The van der Waals surface area contributed by atoms with Gasteiger partial charge in [0.15, 0.2) is 0 Å². The molecule has 6 nitrogen and oxygen atoms in total. The second kappa shape index (κ2) is 5.07. The Labute approximate surface area is 125 Å². The lowest BCUT2D eigenvalue weighted by Crippen LogP contribution is -2.54. The lowest BCUT2D eigenvalue weighted by atomic mass is 10.0. The van der Waals surface area contributed by atoms with Gasteiger partial charge in [-0.1, -0.05) is 0 Å². The SMILES string of the molecule is CC(C)(C)OC(=O)N1CCC2NC(=O)N(CC3CC3)C2C1. The Hall–Kier alpha value is -1.46. The molecule has 21 heavy (non-hydrogen) atoms. The molecule has 2 saturated heterocycles. The normalized spacial score (nSPS) is 29.2. The van der Waals surface area contributed by atoms with Crippen molar-refractivity contribution in [3.63, 3.8) is 0 Å². The molecule has 3 amide bonds. The zero-order valence-corrected chi connectivity index (χ0v) is 13.1. The van der Waals surface area contributed by atoms with Crippen LogP contribution in [-0.2, 0) is 4.74 Å². The van der Waals surface area contributed by atoms with E-state index in [4.69, 9.17) is 4.74 Å². The van der Waals surface area contributed by atoms with Gasteiger partial charge in [0.2, 0.25) is 0 Å². The first-order valence-electron chi connectivity index (χ1n) is 7.88. The second-order valence-corrected chi connectivity index (χ2v) is 7.43. The summed E-state index contributed by atoms with van der Waals surface area (Å²) in [5, 5.41) is 3.05. The minimum atomic E-state index is -0.481. The van der Waals surface area contributed by atoms with Gasteiger partial charge in [-0.25, -0.2) is 9.59 Å². The first-order chi connectivity index (χ1) is 9.83. The molecule has 3 fully saturated rings. The lowest BCUT2D eigenvalue weighted by molar-refractivity contribution is 0.0141. The minimum Gasteiger partial charge on any atom is -0.444 e. The third kappa shape index (κ3) is 3.24. The molecule has 118 valence electrons. The number of carbonyl (C=O) groups is 2. The molecular formula is C15H25N3O3. The maximum absolute atomic E-state index is 12.2. The summed E-state index contributed by atoms with van der Waals surface area (Å²) in [6.45, 7) is 7.67. The third-order valence-corrected chi connectivity index (χ3v) is 4.36. The summed E-state index contributed by atoms with van der Waals surface area (Å²) in [7, 11) is 0.